The molecule has 1 atom stereocenters. The third kappa shape index (κ3) is 3.47. The van der Waals surface area contributed by atoms with E-state index in [-0.39, 0.29) is 12.0 Å². The van der Waals surface area contributed by atoms with Crippen LogP contribution in [0, 0.1) is 5.41 Å². The molecule has 0 aliphatic heterocycles. The van der Waals surface area contributed by atoms with E-state index in [4.69, 9.17) is 10.5 Å². The van der Waals surface area contributed by atoms with Gasteiger partial charge < -0.3 is 15.6 Å². The quantitative estimate of drug-likeness (QED) is 0.844. The first kappa shape index (κ1) is 15.0. The lowest BCUT2D eigenvalue weighted by molar-refractivity contribution is -0.0559. The van der Waals surface area contributed by atoms with Gasteiger partial charge >= 0.3 is 0 Å². The van der Waals surface area contributed by atoms with Crippen molar-refractivity contribution >= 4 is 0 Å². The van der Waals surface area contributed by atoms with E-state index >= 15 is 0 Å². The van der Waals surface area contributed by atoms with E-state index in [1.807, 2.05) is 45.0 Å². The summed E-state index contributed by atoms with van der Waals surface area (Å²) in [4.78, 5) is 0. The summed E-state index contributed by atoms with van der Waals surface area (Å²) in [7, 11) is 1.65. The van der Waals surface area contributed by atoms with E-state index < -0.39 is 5.60 Å². The molecule has 3 heteroatoms. The average molecular weight is 251 g/mol. The monoisotopic (exact) mass is 251 g/mol. The molecule has 1 aromatic carbocycles. The maximum absolute atomic E-state index is 10.6. The lowest BCUT2D eigenvalue weighted by Gasteiger charge is -2.39. The number of nitrogens with two attached hydrogens (primary N) is 1. The third-order valence-corrected chi connectivity index (χ3v) is 3.72. The molecule has 102 valence electrons. The first-order chi connectivity index (χ1) is 8.32. The Kier molecular flexibility index (Phi) is 4.77. The second kappa shape index (κ2) is 5.72. The van der Waals surface area contributed by atoms with Crippen molar-refractivity contribution < 1.29 is 9.84 Å². The van der Waals surface area contributed by atoms with Crippen molar-refractivity contribution in [1.29, 1.82) is 0 Å². The first-order valence-electron chi connectivity index (χ1n) is 6.38. The smallest absolute Gasteiger partial charge is 0.118 e. The van der Waals surface area contributed by atoms with Crippen LogP contribution in [0.3, 0.4) is 0 Å². The van der Waals surface area contributed by atoms with Crippen molar-refractivity contribution in [2.24, 2.45) is 11.1 Å². The van der Waals surface area contributed by atoms with Crippen LogP contribution in [0.5, 0.6) is 5.75 Å². The minimum absolute atomic E-state index is 0.214. The van der Waals surface area contributed by atoms with Crippen molar-refractivity contribution in [3.63, 3.8) is 0 Å². The molecule has 1 rings (SSSR count). The van der Waals surface area contributed by atoms with Gasteiger partial charge in [0.15, 0.2) is 0 Å². The maximum Gasteiger partial charge on any atom is 0.118 e. The number of aryl methyl sites for hydroxylation is 1. The van der Waals surface area contributed by atoms with Gasteiger partial charge in [-0.2, -0.15) is 0 Å². The Morgan fingerprint density at radius 3 is 2.11 bits per heavy atom. The lowest BCUT2D eigenvalue weighted by atomic mass is 9.73. The molecule has 1 unspecified atom stereocenters. The van der Waals surface area contributed by atoms with E-state index in [9.17, 15) is 5.11 Å². The molecular formula is C15H25NO2. The van der Waals surface area contributed by atoms with Crippen LogP contribution in [0.2, 0.25) is 0 Å². The van der Waals surface area contributed by atoms with Crippen LogP contribution in [-0.4, -0.2) is 24.4 Å². The predicted octanol–water partition coefficient (Wildman–Crippen LogP) is 2.36. The van der Waals surface area contributed by atoms with Crippen LogP contribution in [0.15, 0.2) is 24.3 Å². The third-order valence-electron chi connectivity index (χ3n) is 3.72. The summed E-state index contributed by atoms with van der Waals surface area (Å²) < 4.78 is 5.12. The predicted molar refractivity (Wildman–Crippen MR) is 74.8 cm³/mol. The van der Waals surface area contributed by atoms with Gasteiger partial charge in [-0.1, -0.05) is 32.9 Å². The van der Waals surface area contributed by atoms with Crippen LogP contribution in [-0.2, 0) is 6.42 Å². The number of ether oxygens (including phenoxy) is 1. The van der Waals surface area contributed by atoms with Gasteiger partial charge in [0.1, 0.15) is 5.75 Å². The normalized spacial score (nSPS) is 15.2. The van der Waals surface area contributed by atoms with Crippen molar-refractivity contribution in [1.82, 2.24) is 0 Å². The molecule has 0 saturated carbocycles. The van der Waals surface area contributed by atoms with Gasteiger partial charge in [-0.25, -0.2) is 0 Å². The minimum Gasteiger partial charge on any atom is -0.497 e. The molecule has 3 nitrogen and oxygen atoms in total. The van der Waals surface area contributed by atoms with Crippen molar-refractivity contribution in [2.75, 3.05) is 13.7 Å². The highest BCUT2D eigenvalue weighted by molar-refractivity contribution is 5.27. The molecule has 18 heavy (non-hydrogen) atoms. The Hall–Kier alpha value is -1.06. The largest absolute Gasteiger partial charge is 0.497 e. The molecule has 3 N–H and O–H groups in total. The lowest BCUT2D eigenvalue weighted by Crippen LogP contribution is -2.49. The summed E-state index contributed by atoms with van der Waals surface area (Å²) in [5, 5.41) is 10.6. The van der Waals surface area contributed by atoms with Gasteiger partial charge in [0, 0.05) is 6.54 Å². The summed E-state index contributed by atoms with van der Waals surface area (Å²) in [5.74, 6) is 0.851. The first-order valence-corrected chi connectivity index (χ1v) is 6.38. The number of aliphatic hydroxyl groups is 1. The summed E-state index contributed by atoms with van der Waals surface area (Å²) >= 11 is 0. The standard InChI is InChI=1S/C15H25NO2/c1-14(2,3)15(17,11-16)10-9-12-5-7-13(18-4)8-6-12/h5-8,17H,9-11,16H2,1-4H3. The molecule has 0 spiro atoms. The molecule has 0 aliphatic rings. The van der Waals surface area contributed by atoms with Crippen molar-refractivity contribution in [2.45, 2.75) is 39.2 Å². The molecular weight excluding hydrogens is 226 g/mol. The van der Waals surface area contributed by atoms with Crippen LogP contribution in [0.25, 0.3) is 0 Å². The number of hydrogen-bond acceptors (Lipinski definition) is 3. The molecule has 0 amide bonds. The van der Waals surface area contributed by atoms with Gasteiger partial charge in [-0.15, -0.1) is 0 Å². The second-order valence-corrected chi connectivity index (χ2v) is 5.83. The fourth-order valence-corrected chi connectivity index (χ4v) is 1.93. The Balaban J connectivity index is 2.68. The van der Waals surface area contributed by atoms with Gasteiger partial charge in [0.05, 0.1) is 12.7 Å². The Bertz CT molecular complexity index is 367. The zero-order valence-electron chi connectivity index (χ0n) is 11.9. The van der Waals surface area contributed by atoms with Gasteiger partial charge in [-0.05, 0) is 36.0 Å². The van der Waals surface area contributed by atoms with Crippen molar-refractivity contribution in [3.8, 4) is 5.75 Å². The summed E-state index contributed by atoms with van der Waals surface area (Å²) in [6.07, 6.45) is 1.48. The van der Waals surface area contributed by atoms with Crippen LogP contribution >= 0.6 is 0 Å². The molecule has 0 radical (unpaired) electrons. The number of methoxy groups -OCH3 is 1. The van der Waals surface area contributed by atoms with Crippen molar-refractivity contribution in [3.05, 3.63) is 29.8 Å². The average Bonchev–Trinajstić information content (AvgIpc) is 2.35. The molecule has 0 heterocycles. The van der Waals surface area contributed by atoms with Crippen LogP contribution < -0.4 is 10.5 Å². The number of hydrogen-bond donors (Lipinski definition) is 2. The highest BCUT2D eigenvalue weighted by atomic mass is 16.5. The molecule has 0 bridgehead atoms. The van der Waals surface area contributed by atoms with Crippen LogP contribution in [0.4, 0.5) is 0 Å². The zero-order chi connectivity index (χ0) is 13.8. The van der Waals surface area contributed by atoms with E-state index in [1.54, 1.807) is 7.11 Å². The van der Waals surface area contributed by atoms with Gasteiger partial charge in [0.2, 0.25) is 0 Å². The fourth-order valence-electron chi connectivity index (χ4n) is 1.93. The minimum atomic E-state index is -0.826. The Morgan fingerprint density at radius 1 is 1.17 bits per heavy atom. The Morgan fingerprint density at radius 2 is 1.72 bits per heavy atom. The molecule has 1 aromatic rings. The van der Waals surface area contributed by atoms with Gasteiger partial charge in [0.25, 0.3) is 0 Å². The number of rotatable bonds is 5. The summed E-state index contributed by atoms with van der Waals surface area (Å²) in [6.45, 7) is 6.35. The SMILES string of the molecule is COc1ccc(CCC(O)(CN)C(C)(C)C)cc1. The molecule has 0 aromatic heterocycles. The number of benzene rings is 1. The van der Waals surface area contributed by atoms with Gasteiger partial charge in [-0.3, -0.25) is 0 Å². The Labute approximate surface area is 110 Å². The maximum atomic E-state index is 10.6. The topological polar surface area (TPSA) is 55.5 Å². The molecule has 0 saturated heterocycles. The summed E-state index contributed by atoms with van der Waals surface area (Å²) in [6, 6.07) is 7.93. The van der Waals surface area contributed by atoms with Crippen LogP contribution in [0.1, 0.15) is 32.8 Å². The fraction of sp³-hybridized carbons (Fsp3) is 0.600. The highest BCUT2D eigenvalue weighted by Crippen LogP contribution is 2.33. The van der Waals surface area contributed by atoms with E-state index in [2.05, 4.69) is 0 Å². The van der Waals surface area contributed by atoms with E-state index in [0.29, 0.717) is 6.42 Å². The zero-order valence-corrected chi connectivity index (χ0v) is 11.9. The highest BCUT2D eigenvalue weighted by Gasteiger charge is 2.38. The van der Waals surface area contributed by atoms with E-state index in [1.165, 1.54) is 5.56 Å². The molecule has 0 fully saturated rings. The summed E-state index contributed by atoms with van der Waals surface area (Å²) in [5.41, 5.74) is 5.88. The van der Waals surface area contributed by atoms with E-state index in [0.717, 1.165) is 12.2 Å². The second-order valence-electron chi connectivity index (χ2n) is 5.83. The molecule has 0 aliphatic carbocycles.